The first-order valence-corrected chi connectivity index (χ1v) is 7.51. The highest BCUT2D eigenvalue weighted by molar-refractivity contribution is 6.08. The largest absolute Gasteiger partial charge is 0.369 e. The van der Waals surface area contributed by atoms with E-state index in [-0.39, 0.29) is 11.8 Å². The van der Waals surface area contributed by atoms with Crippen molar-refractivity contribution < 1.29 is 4.39 Å². The van der Waals surface area contributed by atoms with Crippen molar-refractivity contribution in [3.05, 3.63) is 72.0 Å². The molecule has 0 aliphatic rings. The molecule has 0 fully saturated rings. The Hall–Kier alpha value is -2.88. The van der Waals surface area contributed by atoms with E-state index in [2.05, 4.69) is 6.92 Å². The Labute approximate surface area is 134 Å². The molecule has 3 rings (SSSR count). The summed E-state index contributed by atoms with van der Waals surface area (Å²) in [5.74, 6) is -0.411. The van der Waals surface area contributed by atoms with Gasteiger partial charge >= 0.3 is 0 Å². The van der Waals surface area contributed by atoms with Crippen LogP contribution in [0.15, 0.2) is 60.7 Å². The van der Waals surface area contributed by atoms with Crippen molar-refractivity contribution in [2.24, 2.45) is 5.73 Å². The number of benzene rings is 3. The average molecular weight is 307 g/mol. The molecule has 0 amide bonds. The van der Waals surface area contributed by atoms with E-state index in [0.717, 1.165) is 28.4 Å². The van der Waals surface area contributed by atoms with Crippen molar-refractivity contribution in [2.45, 2.75) is 13.3 Å². The summed E-state index contributed by atoms with van der Waals surface area (Å²) in [5.41, 5.74) is 8.49. The van der Waals surface area contributed by atoms with Crippen LogP contribution in [0.2, 0.25) is 0 Å². The molecule has 3 N–H and O–H groups in total. The van der Waals surface area contributed by atoms with Gasteiger partial charge in [0.1, 0.15) is 5.82 Å². The van der Waals surface area contributed by atoms with Crippen LogP contribution in [0, 0.1) is 11.2 Å². The molecule has 0 heterocycles. The highest BCUT2D eigenvalue weighted by Gasteiger charge is 2.16. The molecule has 0 bridgehead atoms. The molecule has 4 heteroatoms. The number of nitrogens with two attached hydrogens (primary N) is 1. The Morgan fingerprint density at radius 3 is 2.61 bits per heavy atom. The van der Waals surface area contributed by atoms with Crippen molar-refractivity contribution in [1.82, 2.24) is 0 Å². The zero-order valence-corrected chi connectivity index (χ0v) is 12.9. The maximum Gasteiger partial charge on any atom is 0.197 e. The second-order valence-electron chi connectivity index (χ2n) is 5.39. The summed E-state index contributed by atoms with van der Waals surface area (Å²) in [7, 11) is 0. The van der Waals surface area contributed by atoms with Crippen LogP contribution < -0.4 is 10.6 Å². The number of rotatable bonds is 3. The van der Waals surface area contributed by atoms with Crippen molar-refractivity contribution >= 4 is 28.1 Å². The lowest BCUT2D eigenvalue weighted by Gasteiger charge is -2.25. The van der Waals surface area contributed by atoms with E-state index < -0.39 is 0 Å². The normalized spacial score (nSPS) is 10.7. The number of hydrogen-bond acceptors (Lipinski definition) is 1. The summed E-state index contributed by atoms with van der Waals surface area (Å²) in [4.78, 5) is 1.64. The first-order valence-electron chi connectivity index (χ1n) is 7.51. The minimum atomic E-state index is -0.309. The fourth-order valence-electron chi connectivity index (χ4n) is 2.75. The van der Waals surface area contributed by atoms with Crippen molar-refractivity contribution in [3.63, 3.8) is 0 Å². The lowest BCUT2D eigenvalue weighted by atomic mass is 10.1. The summed E-state index contributed by atoms with van der Waals surface area (Å²) in [6, 6.07) is 18.2. The number of nitrogens with one attached hydrogen (secondary N) is 1. The number of nitrogens with zero attached hydrogens (tertiary/aromatic N) is 1. The smallest absolute Gasteiger partial charge is 0.197 e. The van der Waals surface area contributed by atoms with Crippen molar-refractivity contribution in [2.75, 3.05) is 4.90 Å². The fourth-order valence-corrected chi connectivity index (χ4v) is 2.75. The molecule has 0 unspecified atom stereocenters. The predicted molar refractivity (Wildman–Crippen MR) is 93.8 cm³/mol. The molecule has 0 aliphatic carbocycles. The maximum absolute atomic E-state index is 13.7. The quantitative estimate of drug-likeness (QED) is 0.550. The number of anilines is 2. The average Bonchev–Trinajstić information content (AvgIpc) is 2.55. The van der Waals surface area contributed by atoms with Gasteiger partial charge in [-0.15, -0.1) is 0 Å². The molecule has 116 valence electrons. The molecule has 0 saturated carbocycles. The third kappa shape index (κ3) is 2.88. The van der Waals surface area contributed by atoms with E-state index in [1.807, 2.05) is 42.5 Å². The number of halogens is 1. The number of hydrogen-bond donors (Lipinski definition) is 2. The Morgan fingerprint density at radius 1 is 1.09 bits per heavy atom. The molecule has 3 aromatic rings. The standard InChI is InChI=1S/C19H18FN3/c1-2-13-5-3-7-16(11-13)23(19(21)22)18-8-4-6-14-9-10-15(20)12-17(14)18/h3-12H,2H2,1H3,(H3,21,22). The zero-order valence-electron chi connectivity index (χ0n) is 12.9. The topological polar surface area (TPSA) is 53.1 Å². The third-order valence-corrected chi connectivity index (χ3v) is 3.88. The Balaban J connectivity index is 2.23. The van der Waals surface area contributed by atoms with E-state index in [1.165, 1.54) is 12.1 Å². The number of guanidine groups is 1. The van der Waals surface area contributed by atoms with Crippen LogP contribution in [0.25, 0.3) is 10.8 Å². The third-order valence-electron chi connectivity index (χ3n) is 3.88. The highest BCUT2D eigenvalue weighted by Crippen LogP contribution is 2.33. The second kappa shape index (κ2) is 6.08. The zero-order chi connectivity index (χ0) is 16.4. The van der Waals surface area contributed by atoms with Crippen molar-refractivity contribution in [3.8, 4) is 0 Å². The van der Waals surface area contributed by atoms with Gasteiger partial charge in [-0.2, -0.15) is 0 Å². The van der Waals surface area contributed by atoms with Gasteiger partial charge < -0.3 is 5.73 Å². The van der Waals surface area contributed by atoms with E-state index in [4.69, 9.17) is 11.1 Å². The number of fused-ring (bicyclic) bond motifs is 1. The van der Waals surface area contributed by atoms with Crippen molar-refractivity contribution in [1.29, 1.82) is 5.41 Å². The lowest BCUT2D eigenvalue weighted by molar-refractivity contribution is 0.630. The first-order chi connectivity index (χ1) is 11.1. The van der Waals surface area contributed by atoms with Crippen LogP contribution >= 0.6 is 0 Å². The van der Waals surface area contributed by atoms with E-state index in [9.17, 15) is 4.39 Å². The van der Waals surface area contributed by atoms with Gasteiger partial charge in [-0.05, 0) is 47.7 Å². The molecule has 23 heavy (non-hydrogen) atoms. The van der Waals surface area contributed by atoms with E-state index in [1.54, 1.807) is 11.0 Å². The van der Waals surface area contributed by atoms with Crippen LogP contribution in [0.1, 0.15) is 12.5 Å². The minimum Gasteiger partial charge on any atom is -0.369 e. The molecule has 3 nitrogen and oxygen atoms in total. The SMILES string of the molecule is CCc1cccc(N(C(=N)N)c2cccc3ccc(F)cc23)c1. The van der Waals surface area contributed by atoms with Gasteiger partial charge in [0.2, 0.25) is 0 Å². The summed E-state index contributed by atoms with van der Waals surface area (Å²) < 4.78 is 13.7. The summed E-state index contributed by atoms with van der Waals surface area (Å²) in [5, 5.41) is 9.62. The van der Waals surface area contributed by atoms with Gasteiger partial charge in [-0.25, -0.2) is 4.39 Å². The Morgan fingerprint density at radius 2 is 1.87 bits per heavy atom. The molecule has 0 atom stereocenters. The van der Waals surface area contributed by atoms with Gasteiger partial charge in [0.05, 0.1) is 5.69 Å². The van der Waals surface area contributed by atoms with Crippen LogP contribution in [-0.4, -0.2) is 5.96 Å². The van der Waals surface area contributed by atoms with Gasteiger partial charge in [-0.3, -0.25) is 10.3 Å². The molecule has 0 aliphatic heterocycles. The van der Waals surface area contributed by atoms with Crippen LogP contribution in [0.3, 0.4) is 0 Å². The molecular formula is C19H18FN3. The van der Waals surface area contributed by atoms with Gasteiger partial charge in [0, 0.05) is 11.1 Å². The van der Waals surface area contributed by atoms with Crippen LogP contribution in [0.5, 0.6) is 0 Å². The minimum absolute atomic E-state index is 0.102. The second-order valence-corrected chi connectivity index (χ2v) is 5.39. The molecule has 0 saturated heterocycles. The van der Waals surface area contributed by atoms with Gasteiger partial charge in [0.15, 0.2) is 5.96 Å². The maximum atomic E-state index is 13.7. The molecule has 3 aromatic carbocycles. The highest BCUT2D eigenvalue weighted by atomic mass is 19.1. The van der Waals surface area contributed by atoms with Gasteiger partial charge in [0.25, 0.3) is 0 Å². The molecule has 0 aromatic heterocycles. The fraction of sp³-hybridized carbons (Fsp3) is 0.105. The summed E-state index contributed by atoms with van der Waals surface area (Å²) in [6.07, 6.45) is 0.893. The first kappa shape index (κ1) is 15.0. The summed E-state index contributed by atoms with van der Waals surface area (Å²) >= 11 is 0. The van der Waals surface area contributed by atoms with Gasteiger partial charge in [-0.1, -0.05) is 37.3 Å². The van der Waals surface area contributed by atoms with E-state index in [0.29, 0.717) is 5.69 Å². The molecule has 0 spiro atoms. The Kier molecular flexibility index (Phi) is 3.98. The number of aryl methyl sites for hydroxylation is 1. The van der Waals surface area contributed by atoms with E-state index >= 15 is 0 Å². The van der Waals surface area contributed by atoms with Crippen LogP contribution in [-0.2, 0) is 6.42 Å². The molecular weight excluding hydrogens is 289 g/mol. The monoisotopic (exact) mass is 307 g/mol. The molecule has 0 radical (unpaired) electrons. The summed E-state index contributed by atoms with van der Waals surface area (Å²) in [6.45, 7) is 2.07. The van der Waals surface area contributed by atoms with Crippen LogP contribution in [0.4, 0.5) is 15.8 Å². The lowest BCUT2D eigenvalue weighted by Crippen LogP contribution is -2.32. The Bertz CT molecular complexity index is 873. The predicted octanol–water partition coefficient (Wildman–Crippen LogP) is 4.57.